The number of hydrogen-bond acceptors (Lipinski definition) is 4. The Hall–Kier alpha value is -2.63. The summed E-state index contributed by atoms with van der Waals surface area (Å²) in [6, 6.07) is 17.1. The molecule has 0 fully saturated rings. The van der Waals surface area contributed by atoms with E-state index < -0.39 is 0 Å². The van der Waals surface area contributed by atoms with Crippen LogP contribution in [0, 0.1) is 6.92 Å². The van der Waals surface area contributed by atoms with Gasteiger partial charge < -0.3 is 9.32 Å². The van der Waals surface area contributed by atoms with Gasteiger partial charge in [0.25, 0.3) is 5.91 Å². The Balaban J connectivity index is 1.75. The number of thiophene rings is 1. The maximum Gasteiger partial charge on any atom is 0.254 e. The summed E-state index contributed by atoms with van der Waals surface area (Å²) in [7, 11) is 1.77. The van der Waals surface area contributed by atoms with E-state index in [-0.39, 0.29) is 5.91 Å². The van der Waals surface area contributed by atoms with Gasteiger partial charge in [-0.25, -0.2) is 4.98 Å². The Morgan fingerprint density at radius 2 is 2.00 bits per heavy atom. The fourth-order valence-electron chi connectivity index (χ4n) is 3.01. The molecule has 4 rings (SSSR count). The number of carbonyl (C=O) groups is 1. The average molecular weight is 397 g/mol. The first-order valence-electron chi connectivity index (χ1n) is 8.47. The first kappa shape index (κ1) is 17.8. The van der Waals surface area contributed by atoms with Crippen molar-refractivity contribution in [2.45, 2.75) is 13.5 Å². The van der Waals surface area contributed by atoms with Crippen molar-refractivity contribution in [1.29, 1.82) is 0 Å². The van der Waals surface area contributed by atoms with Crippen molar-refractivity contribution in [3.05, 3.63) is 76.0 Å². The zero-order valence-electron chi connectivity index (χ0n) is 14.9. The molecule has 0 saturated heterocycles. The molecule has 4 nitrogen and oxygen atoms in total. The lowest BCUT2D eigenvalue weighted by molar-refractivity contribution is 0.0777. The molecule has 0 aliphatic heterocycles. The third-order valence-corrected chi connectivity index (χ3v) is 5.56. The first-order valence-corrected chi connectivity index (χ1v) is 9.67. The third kappa shape index (κ3) is 3.61. The summed E-state index contributed by atoms with van der Waals surface area (Å²) >= 11 is 7.53. The minimum absolute atomic E-state index is 0.0773. The molecule has 1 amide bonds. The minimum atomic E-state index is -0.0773. The fraction of sp³-hybridized carbons (Fsp3) is 0.143. The van der Waals surface area contributed by atoms with Gasteiger partial charge in [-0.15, -0.1) is 11.3 Å². The predicted molar refractivity (Wildman–Crippen MR) is 109 cm³/mol. The quantitative estimate of drug-likeness (QED) is 0.438. The zero-order valence-corrected chi connectivity index (χ0v) is 16.5. The van der Waals surface area contributed by atoms with Gasteiger partial charge in [0.05, 0.1) is 32.5 Å². The lowest BCUT2D eigenvalue weighted by Crippen LogP contribution is -2.26. The van der Waals surface area contributed by atoms with Crippen LogP contribution in [-0.4, -0.2) is 22.8 Å². The second kappa shape index (κ2) is 7.18. The molecule has 1 aromatic carbocycles. The van der Waals surface area contributed by atoms with Gasteiger partial charge in [-0.2, -0.15) is 0 Å². The summed E-state index contributed by atoms with van der Waals surface area (Å²) < 4.78 is 6.30. The van der Waals surface area contributed by atoms with Crippen molar-refractivity contribution in [3.8, 4) is 10.6 Å². The van der Waals surface area contributed by atoms with Gasteiger partial charge in [0.2, 0.25) is 0 Å². The fourth-order valence-corrected chi connectivity index (χ4v) is 4.02. The molecule has 136 valence electrons. The van der Waals surface area contributed by atoms with Crippen LogP contribution in [0.4, 0.5) is 0 Å². The molecule has 0 N–H and O–H groups in total. The van der Waals surface area contributed by atoms with Crippen molar-refractivity contribution in [2.75, 3.05) is 7.05 Å². The number of halogens is 1. The van der Waals surface area contributed by atoms with Gasteiger partial charge in [0.15, 0.2) is 0 Å². The number of hydrogen-bond donors (Lipinski definition) is 0. The van der Waals surface area contributed by atoms with Crippen LogP contribution in [0.2, 0.25) is 4.34 Å². The normalized spacial score (nSPS) is 11.1. The van der Waals surface area contributed by atoms with Crippen molar-refractivity contribution >= 4 is 39.7 Å². The van der Waals surface area contributed by atoms with E-state index in [4.69, 9.17) is 21.0 Å². The number of benzene rings is 1. The minimum Gasteiger partial charge on any atom is -0.464 e. The van der Waals surface area contributed by atoms with Gasteiger partial charge in [0, 0.05) is 12.4 Å². The van der Waals surface area contributed by atoms with E-state index in [0.717, 1.165) is 33.0 Å². The van der Waals surface area contributed by atoms with Crippen LogP contribution < -0.4 is 0 Å². The van der Waals surface area contributed by atoms with Crippen LogP contribution in [0.1, 0.15) is 21.9 Å². The van der Waals surface area contributed by atoms with Crippen molar-refractivity contribution in [1.82, 2.24) is 9.88 Å². The number of pyridine rings is 1. The van der Waals surface area contributed by atoms with Crippen molar-refractivity contribution < 1.29 is 9.21 Å². The van der Waals surface area contributed by atoms with E-state index in [2.05, 4.69) is 0 Å². The number of carbonyl (C=O) groups excluding carboxylic acids is 1. The topological polar surface area (TPSA) is 46.3 Å². The van der Waals surface area contributed by atoms with E-state index in [1.165, 1.54) is 11.3 Å². The number of fused-ring (bicyclic) bond motifs is 1. The highest BCUT2D eigenvalue weighted by Gasteiger charge is 2.19. The molecule has 3 aromatic heterocycles. The van der Waals surface area contributed by atoms with Crippen molar-refractivity contribution in [3.63, 3.8) is 0 Å². The number of furan rings is 1. The molecule has 4 aromatic rings. The van der Waals surface area contributed by atoms with Gasteiger partial charge in [-0.1, -0.05) is 29.8 Å². The highest BCUT2D eigenvalue weighted by molar-refractivity contribution is 7.19. The predicted octanol–water partition coefficient (Wildman–Crippen LogP) is 5.79. The van der Waals surface area contributed by atoms with E-state index in [1.54, 1.807) is 11.9 Å². The van der Waals surface area contributed by atoms with E-state index in [9.17, 15) is 4.79 Å². The highest BCUT2D eigenvalue weighted by atomic mass is 35.5. The van der Waals surface area contributed by atoms with Gasteiger partial charge in [-0.05, 0) is 43.3 Å². The van der Waals surface area contributed by atoms with E-state index in [0.29, 0.717) is 16.4 Å². The summed E-state index contributed by atoms with van der Waals surface area (Å²) in [6.07, 6.45) is 0. The Morgan fingerprint density at radius 1 is 1.19 bits per heavy atom. The Bertz CT molecular complexity index is 1130. The smallest absolute Gasteiger partial charge is 0.254 e. The van der Waals surface area contributed by atoms with Gasteiger partial charge in [0.1, 0.15) is 11.5 Å². The highest BCUT2D eigenvalue weighted by Crippen LogP contribution is 2.32. The Kier molecular flexibility index (Phi) is 4.72. The SMILES string of the molecule is Cc1ccc(CN(C)C(=O)c2cc(-c3ccc(Cl)s3)nc3ccccc23)o1. The molecule has 0 atom stereocenters. The number of para-hydroxylation sites is 1. The first-order chi connectivity index (χ1) is 13.0. The molecule has 0 radical (unpaired) electrons. The van der Waals surface area contributed by atoms with Gasteiger partial charge in [-0.3, -0.25) is 4.79 Å². The number of aryl methyl sites for hydroxylation is 1. The molecule has 0 unspecified atom stereocenters. The van der Waals surface area contributed by atoms with Crippen LogP contribution in [0.3, 0.4) is 0 Å². The maximum atomic E-state index is 13.2. The molecule has 6 heteroatoms. The second-order valence-corrected chi connectivity index (χ2v) is 8.06. The van der Waals surface area contributed by atoms with Crippen LogP contribution >= 0.6 is 22.9 Å². The molecule has 0 saturated carbocycles. The van der Waals surface area contributed by atoms with Crippen molar-refractivity contribution in [2.24, 2.45) is 0 Å². The molecule has 27 heavy (non-hydrogen) atoms. The average Bonchev–Trinajstić information content (AvgIpc) is 3.28. The second-order valence-electron chi connectivity index (χ2n) is 6.35. The Morgan fingerprint density at radius 3 is 2.70 bits per heavy atom. The number of rotatable bonds is 4. The number of amides is 1. The molecule has 0 aliphatic rings. The standard InChI is InChI=1S/C21H17ClN2O2S/c1-13-7-8-14(26-13)12-24(2)21(25)16-11-18(19-9-10-20(22)27-19)23-17-6-4-3-5-15(16)17/h3-11H,12H2,1-2H3. The van der Waals surface area contributed by atoms with Crippen LogP contribution in [0.25, 0.3) is 21.5 Å². The number of nitrogens with zero attached hydrogens (tertiary/aromatic N) is 2. The molecule has 0 spiro atoms. The van der Waals surface area contributed by atoms with E-state index in [1.807, 2.05) is 61.5 Å². The number of aromatic nitrogens is 1. The summed E-state index contributed by atoms with van der Waals surface area (Å²) in [5, 5.41) is 0.830. The maximum absolute atomic E-state index is 13.2. The summed E-state index contributed by atoms with van der Waals surface area (Å²) in [5.41, 5.74) is 2.15. The summed E-state index contributed by atoms with van der Waals surface area (Å²) in [5.74, 6) is 1.51. The van der Waals surface area contributed by atoms with Gasteiger partial charge >= 0.3 is 0 Å². The van der Waals surface area contributed by atoms with Crippen LogP contribution in [0.5, 0.6) is 0 Å². The molecular formula is C21H17ClN2O2S. The Labute approximate surface area is 166 Å². The summed E-state index contributed by atoms with van der Waals surface area (Å²) in [4.78, 5) is 20.5. The molecule has 3 heterocycles. The lowest BCUT2D eigenvalue weighted by Gasteiger charge is -2.17. The molecule has 0 aliphatic carbocycles. The van der Waals surface area contributed by atoms with Crippen LogP contribution in [-0.2, 0) is 6.54 Å². The van der Waals surface area contributed by atoms with E-state index >= 15 is 0 Å². The third-order valence-electron chi connectivity index (χ3n) is 4.31. The molecular weight excluding hydrogens is 380 g/mol. The lowest BCUT2D eigenvalue weighted by atomic mass is 10.1. The summed E-state index contributed by atoms with van der Waals surface area (Å²) in [6.45, 7) is 2.30. The molecule has 0 bridgehead atoms. The van der Waals surface area contributed by atoms with Crippen LogP contribution in [0.15, 0.2) is 59.0 Å². The monoisotopic (exact) mass is 396 g/mol. The largest absolute Gasteiger partial charge is 0.464 e. The zero-order chi connectivity index (χ0) is 19.0.